The van der Waals surface area contributed by atoms with Gasteiger partial charge in [-0.1, -0.05) is 59.6 Å². The van der Waals surface area contributed by atoms with Crippen molar-refractivity contribution >= 4 is 51.5 Å². The van der Waals surface area contributed by atoms with Crippen molar-refractivity contribution in [3.63, 3.8) is 0 Å². The average Bonchev–Trinajstić information content (AvgIpc) is 3.05. The fourth-order valence-corrected chi connectivity index (χ4v) is 3.66. The maximum atomic E-state index is 13.1. The molecule has 0 saturated heterocycles. The number of rotatable bonds is 4. The third-order valence-corrected chi connectivity index (χ3v) is 5.03. The number of ketones is 1. The van der Waals surface area contributed by atoms with Crippen LogP contribution in [0.25, 0.3) is 22.1 Å². The van der Waals surface area contributed by atoms with E-state index in [0.717, 1.165) is 11.1 Å². The molecule has 0 aliphatic carbocycles. The quantitative estimate of drug-likeness (QED) is 0.376. The highest BCUT2D eigenvalue weighted by Crippen LogP contribution is 2.36. The second-order valence-electron chi connectivity index (χ2n) is 6.52. The van der Waals surface area contributed by atoms with Crippen LogP contribution in [0.1, 0.15) is 23.0 Å². The Kier molecular flexibility index (Phi) is 5.14. The number of carbonyl (C=O) groups is 2. The second-order valence-corrected chi connectivity index (χ2v) is 7.36. The maximum Gasteiger partial charge on any atom is 0.231 e. The lowest BCUT2D eigenvalue weighted by Gasteiger charge is -2.05. The molecule has 0 spiro atoms. The Morgan fingerprint density at radius 3 is 2.34 bits per heavy atom. The van der Waals surface area contributed by atoms with Crippen LogP contribution in [0.3, 0.4) is 0 Å². The number of fused-ring (bicyclic) bond motifs is 1. The standard InChI is InChI=1S/C23H15Cl2NO3/c1-13(27)26-21-18-9-7-15(14-5-3-2-4-6-14)11-20(18)29-23(21)22(28)17-10-8-16(24)12-19(17)25/h2-12H,1H3,(H,26,27). The minimum Gasteiger partial charge on any atom is -0.450 e. The molecular weight excluding hydrogens is 409 g/mol. The van der Waals surface area contributed by atoms with Crippen LogP contribution in [-0.4, -0.2) is 11.7 Å². The first-order valence-corrected chi connectivity index (χ1v) is 9.59. The summed E-state index contributed by atoms with van der Waals surface area (Å²) in [7, 11) is 0. The molecule has 1 aromatic heterocycles. The minimum atomic E-state index is -0.437. The lowest BCUT2D eigenvalue weighted by molar-refractivity contribution is -0.114. The first-order valence-electron chi connectivity index (χ1n) is 8.83. The van der Waals surface area contributed by atoms with Gasteiger partial charge in [-0.15, -0.1) is 0 Å². The lowest BCUT2D eigenvalue weighted by Crippen LogP contribution is -2.10. The Bertz CT molecular complexity index is 1250. The molecule has 144 valence electrons. The molecule has 0 aliphatic rings. The molecule has 1 N–H and O–H groups in total. The van der Waals surface area contributed by atoms with E-state index in [4.69, 9.17) is 27.6 Å². The lowest BCUT2D eigenvalue weighted by atomic mass is 10.0. The third-order valence-electron chi connectivity index (χ3n) is 4.48. The van der Waals surface area contributed by atoms with Crippen molar-refractivity contribution in [1.82, 2.24) is 0 Å². The zero-order chi connectivity index (χ0) is 20.5. The van der Waals surface area contributed by atoms with Gasteiger partial charge in [0.15, 0.2) is 5.76 Å². The number of hydrogen-bond donors (Lipinski definition) is 1. The van der Waals surface area contributed by atoms with Gasteiger partial charge in [-0.05, 0) is 41.5 Å². The Morgan fingerprint density at radius 1 is 0.897 bits per heavy atom. The van der Waals surface area contributed by atoms with E-state index in [-0.39, 0.29) is 22.3 Å². The van der Waals surface area contributed by atoms with Gasteiger partial charge < -0.3 is 9.73 Å². The van der Waals surface area contributed by atoms with E-state index in [1.807, 2.05) is 48.5 Å². The van der Waals surface area contributed by atoms with Crippen LogP contribution in [0.2, 0.25) is 10.0 Å². The smallest absolute Gasteiger partial charge is 0.231 e. The van der Waals surface area contributed by atoms with Crippen LogP contribution in [-0.2, 0) is 4.79 Å². The maximum absolute atomic E-state index is 13.1. The van der Waals surface area contributed by atoms with Crippen LogP contribution < -0.4 is 5.32 Å². The van der Waals surface area contributed by atoms with Crippen LogP contribution in [0.15, 0.2) is 71.1 Å². The van der Waals surface area contributed by atoms with E-state index < -0.39 is 5.78 Å². The molecule has 4 nitrogen and oxygen atoms in total. The largest absolute Gasteiger partial charge is 0.450 e. The first-order chi connectivity index (χ1) is 13.9. The Hall–Kier alpha value is -3.08. The molecular formula is C23H15Cl2NO3. The highest BCUT2D eigenvalue weighted by atomic mass is 35.5. The van der Waals surface area contributed by atoms with Gasteiger partial charge in [0.25, 0.3) is 0 Å². The number of anilines is 1. The van der Waals surface area contributed by atoms with Crippen LogP contribution in [0.4, 0.5) is 5.69 Å². The van der Waals surface area contributed by atoms with Gasteiger partial charge in [-0.2, -0.15) is 0 Å². The van der Waals surface area contributed by atoms with Gasteiger partial charge in [-0.25, -0.2) is 0 Å². The van der Waals surface area contributed by atoms with Crippen LogP contribution in [0.5, 0.6) is 0 Å². The summed E-state index contributed by atoms with van der Waals surface area (Å²) in [6.45, 7) is 1.38. The highest BCUT2D eigenvalue weighted by molar-refractivity contribution is 6.37. The molecule has 29 heavy (non-hydrogen) atoms. The van der Waals surface area contributed by atoms with Crippen molar-refractivity contribution in [3.05, 3.63) is 88.1 Å². The van der Waals surface area contributed by atoms with E-state index in [1.165, 1.54) is 19.1 Å². The highest BCUT2D eigenvalue weighted by Gasteiger charge is 2.24. The minimum absolute atomic E-state index is 0.0182. The van der Waals surface area contributed by atoms with E-state index in [0.29, 0.717) is 21.7 Å². The van der Waals surface area contributed by atoms with Crippen molar-refractivity contribution in [2.45, 2.75) is 6.92 Å². The Balaban J connectivity index is 1.87. The van der Waals surface area contributed by atoms with Crippen molar-refractivity contribution < 1.29 is 14.0 Å². The zero-order valence-electron chi connectivity index (χ0n) is 15.3. The molecule has 3 aromatic carbocycles. The molecule has 4 rings (SSSR count). The monoisotopic (exact) mass is 423 g/mol. The molecule has 6 heteroatoms. The van der Waals surface area contributed by atoms with E-state index in [1.54, 1.807) is 6.07 Å². The Labute approximate surface area is 177 Å². The number of benzene rings is 3. The molecule has 0 unspecified atom stereocenters. The van der Waals surface area contributed by atoms with Gasteiger partial charge in [0.1, 0.15) is 5.58 Å². The van der Waals surface area contributed by atoms with Crippen molar-refractivity contribution in [2.24, 2.45) is 0 Å². The third kappa shape index (κ3) is 3.77. The topological polar surface area (TPSA) is 59.3 Å². The van der Waals surface area contributed by atoms with Gasteiger partial charge in [0.2, 0.25) is 11.7 Å². The number of halogens is 2. The summed E-state index contributed by atoms with van der Waals surface area (Å²) in [5.41, 5.74) is 3.00. The SMILES string of the molecule is CC(=O)Nc1c(C(=O)c2ccc(Cl)cc2Cl)oc2cc(-c3ccccc3)ccc12. The van der Waals surface area contributed by atoms with Gasteiger partial charge in [-0.3, -0.25) is 9.59 Å². The summed E-state index contributed by atoms with van der Waals surface area (Å²) < 4.78 is 5.91. The Morgan fingerprint density at radius 2 is 1.66 bits per heavy atom. The molecule has 0 saturated carbocycles. The molecule has 4 aromatic rings. The molecule has 1 heterocycles. The van der Waals surface area contributed by atoms with Gasteiger partial charge in [0, 0.05) is 22.9 Å². The summed E-state index contributed by atoms with van der Waals surface area (Å²) in [5, 5.41) is 3.98. The molecule has 1 amide bonds. The van der Waals surface area contributed by atoms with E-state index >= 15 is 0 Å². The number of carbonyl (C=O) groups excluding carboxylic acids is 2. The summed E-state index contributed by atoms with van der Waals surface area (Å²) in [6.07, 6.45) is 0. The first kappa shape index (κ1) is 19.2. The van der Waals surface area contributed by atoms with E-state index in [9.17, 15) is 9.59 Å². The second kappa shape index (κ2) is 7.74. The fraction of sp³-hybridized carbons (Fsp3) is 0.0435. The van der Waals surface area contributed by atoms with Gasteiger partial charge in [0.05, 0.1) is 10.7 Å². The predicted octanol–water partition coefficient (Wildman–Crippen LogP) is 6.60. The molecule has 0 radical (unpaired) electrons. The fourth-order valence-electron chi connectivity index (χ4n) is 3.16. The van der Waals surface area contributed by atoms with Crippen molar-refractivity contribution in [1.29, 1.82) is 0 Å². The van der Waals surface area contributed by atoms with E-state index in [2.05, 4.69) is 5.32 Å². The zero-order valence-corrected chi connectivity index (χ0v) is 16.8. The van der Waals surface area contributed by atoms with Gasteiger partial charge >= 0.3 is 0 Å². The summed E-state index contributed by atoms with van der Waals surface area (Å²) in [6, 6.07) is 20.0. The molecule has 0 atom stereocenters. The van der Waals surface area contributed by atoms with Crippen molar-refractivity contribution in [3.8, 4) is 11.1 Å². The summed E-state index contributed by atoms with van der Waals surface area (Å²) in [4.78, 5) is 24.9. The number of hydrogen-bond acceptors (Lipinski definition) is 3. The summed E-state index contributed by atoms with van der Waals surface area (Å²) in [5.74, 6) is -0.728. The number of furan rings is 1. The molecule has 0 bridgehead atoms. The predicted molar refractivity (Wildman–Crippen MR) is 116 cm³/mol. The molecule has 0 fully saturated rings. The van der Waals surface area contributed by atoms with Crippen molar-refractivity contribution in [2.75, 3.05) is 5.32 Å². The number of nitrogens with one attached hydrogen (secondary N) is 1. The average molecular weight is 424 g/mol. The normalized spacial score (nSPS) is 10.9. The van der Waals surface area contributed by atoms with Crippen LogP contribution >= 0.6 is 23.2 Å². The molecule has 0 aliphatic heterocycles. The summed E-state index contributed by atoms with van der Waals surface area (Å²) >= 11 is 12.1. The van der Waals surface area contributed by atoms with Crippen LogP contribution in [0, 0.1) is 0 Å². The number of amides is 1.